The van der Waals surface area contributed by atoms with Gasteiger partial charge in [0.1, 0.15) is 0 Å². The van der Waals surface area contributed by atoms with Gasteiger partial charge in [0, 0.05) is 18.2 Å². The molecule has 1 aromatic rings. The Hall–Kier alpha value is -1.00. The minimum absolute atomic E-state index is 0.0944. The third-order valence-electron chi connectivity index (χ3n) is 2.82. The summed E-state index contributed by atoms with van der Waals surface area (Å²) in [6, 6.07) is 7.59. The third-order valence-corrected chi connectivity index (χ3v) is 4.17. The van der Waals surface area contributed by atoms with Gasteiger partial charge in [0.15, 0.2) is 5.17 Å². The number of amidine groups is 1. The zero-order chi connectivity index (χ0) is 14.0. The van der Waals surface area contributed by atoms with Gasteiger partial charge in [0.25, 0.3) is 0 Å². The highest BCUT2D eigenvalue weighted by atomic mass is 35.5. The summed E-state index contributed by atoms with van der Waals surface area (Å²) in [5.74, 6) is 0.872. The highest BCUT2D eigenvalue weighted by Crippen LogP contribution is 2.29. The van der Waals surface area contributed by atoms with Gasteiger partial charge in [-0.05, 0) is 12.1 Å². The lowest BCUT2D eigenvalue weighted by molar-refractivity contribution is 0.513. The van der Waals surface area contributed by atoms with Crippen LogP contribution in [0, 0.1) is 5.41 Å². The Bertz CT molecular complexity index is 532. The summed E-state index contributed by atoms with van der Waals surface area (Å²) in [6.07, 6.45) is 0. The maximum atomic E-state index is 6.12. The van der Waals surface area contributed by atoms with Crippen LogP contribution < -0.4 is 0 Å². The number of halogens is 1. The van der Waals surface area contributed by atoms with Gasteiger partial charge in [-0.2, -0.15) is 5.10 Å². The van der Waals surface area contributed by atoms with Gasteiger partial charge in [-0.25, -0.2) is 10.0 Å². The monoisotopic (exact) mass is 295 g/mol. The molecule has 0 radical (unpaired) electrons. The van der Waals surface area contributed by atoms with Crippen LogP contribution in [0.3, 0.4) is 0 Å². The number of benzene rings is 1. The highest BCUT2D eigenvalue weighted by molar-refractivity contribution is 8.14. The van der Waals surface area contributed by atoms with Crippen LogP contribution in [-0.2, 0) is 0 Å². The van der Waals surface area contributed by atoms with E-state index < -0.39 is 0 Å². The van der Waals surface area contributed by atoms with Gasteiger partial charge in [0.05, 0.1) is 16.4 Å². The summed E-state index contributed by atoms with van der Waals surface area (Å²) in [4.78, 5) is 4.58. The van der Waals surface area contributed by atoms with E-state index in [9.17, 15) is 0 Å². The molecule has 1 heterocycles. The van der Waals surface area contributed by atoms with Crippen molar-refractivity contribution in [2.75, 3.05) is 12.8 Å². The van der Waals surface area contributed by atoms with Gasteiger partial charge in [-0.1, -0.05) is 56.3 Å². The van der Waals surface area contributed by atoms with Crippen LogP contribution in [0.1, 0.15) is 20.8 Å². The van der Waals surface area contributed by atoms with Gasteiger partial charge in [-0.3, -0.25) is 0 Å². The van der Waals surface area contributed by atoms with Crippen LogP contribution in [0.5, 0.6) is 0 Å². The molecule has 3 nitrogen and oxygen atoms in total. The molecular weight excluding hydrogens is 278 g/mol. The molecule has 0 bridgehead atoms. The number of hydrogen-bond donors (Lipinski definition) is 0. The number of aliphatic imine (C=N–C) groups is 1. The molecule has 1 aromatic carbocycles. The normalized spacial score (nSPS) is 18.7. The Balaban J connectivity index is 2.26. The smallest absolute Gasteiger partial charge is 0.185 e. The largest absolute Gasteiger partial charge is 0.245 e. The predicted molar refractivity (Wildman–Crippen MR) is 85.7 cm³/mol. The molecule has 0 unspecified atom stereocenters. The number of hydrazone groups is 1. The first kappa shape index (κ1) is 14.4. The van der Waals surface area contributed by atoms with Gasteiger partial charge in [-0.15, -0.1) is 0 Å². The van der Waals surface area contributed by atoms with Gasteiger partial charge < -0.3 is 0 Å². The Morgan fingerprint density at radius 1 is 1.32 bits per heavy atom. The van der Waals surface area contributed by atoms with Crippen molar-refractivity contribution >= 4 is 39.9 Å². The van der Waals surface area contributed by atoms with E-state index in [1.165, 1.54) is 5.71 Å². The maximum absolute atomic E-state index is 6.12. The van der Waals surface area contributed by atoms with Crippen molar-refractivity contribution in [3.8, 4) is 0 Å². The first-order valence-electron chi connectivity index (χ1n) is 6.15. The van der Waals surface area contributed by atoms with Crippen LogP contribution in [-0.4, -0.2) is 28.7 Å². The van der Waals surface area contributed by atoms with Crippen molar-refractivity contribution in [3.05, 3.63) is 29.3 Å². The Morgan fingerprint density at radius 3 is 2.58 bits per heavy atom. The first-order valence-corrected chi connectivity index (χ1v) is 7.52. The quantitative estimate of drug-likeness (QED) is 0.767. The number of thioether (sulfide) groups is 1. The summed E-state index contributed by atoms with van der Waals surface area (Å²) >= 11 is 7.82. The fraction of sp³-hybridized carbons (Fsp3) is 0.429. The predicted octanol–water partition coefficient (Wildman–Crippen LogP) is 4.41. The molecule has 19 heavy (non-hydrogen) atoms. The summed E-state index contributed by atoms with van der Waals surface area (Å²) in [5, 5.41) is 7.99. The molecule has 0 N–H and O–H groups in total. The van der Waals surface area contributed by atoms with Crippen molar-refractivity contribution in [2.24, 2.45) is 15.5 Å². The van der Waals surface area contributed by atoms with Gasteiger partial charge in [0.2, 0.25) is 0 Å². The molecule has 1 aliphatic rings. The number of rotatable bonds is 1. The molecule has 0 saturated carbocycles. The third kappa shape index (κ3) is 3.51. The van der Waals surface area contributed by atoms with Crippen LogP contribution in [0.4, 0.5) is 5.69 Å². The zero-order valence-corrected chi connectivity index (χ0v) is 13.2. The van der Waals surface area contributed by atoms with Crippen LogP contribution in [0.25, 0.3) is 0 Å². The maximum Gasteiger partial charge on any atom is 0.185 e. The van der Waals surface area contributed by atoms with Crippen LogP contribution in [0.2, 0.25) is 5.02 Å². The Labute approximate surface area is 123 Å². The lowest BCUT2D eigenvalue weighted by Gasteiger charge is -2.29. The number of para-hydroxylation sites is 1. The second kappa shape index (κ2) is 5.55. The molecule has 0 atom stereocenters. The molecule has 0 aromatic heterocycles. The molecule has 0 amide bonds. The van der Waals surface area contributed by atoms with Crippen LogP contribution >= 0.6 is 23.4 Å². The average Bonchev–Trinajstić information content (AvgIpc) is 2.33. The van der Waals surface area contributed by atoms with E-state index in [1.54, 1.807) is 11.8 Å². The molecule has 0 aliphatic carbocycles. The van der Waals surface area contributed by atoms with Crippen molar-refractivity contribution in [1.82, 2.24) is 5.01 Å². The minimum Gasteiger partial charge on any atom is -0.245 e. The van der Waals surface area contributed by atoms with E-state index in [0.717, 1.165) is 16.6 Å². The molecule has 5 heteroatoms. The van der Waals surface area contributed by atoms with Gasteiger partial charge >= 0.3 is 0 Å². The van der Waals surface area contributed by atoms with E-state index in [-0.39, 0.29) is 5.41 Å². The molecule has 0 spiro atoms. The van der Waals surface area contributed by atoms with Crippen molar-refractivity contribution in [2.45, 2.75) is 20.8 Å². The minimum atomic E-state index is 0.0944. The highest BCUT2D eigenvalue weighted by Gasteiger charge is 2.25. The second-order valence-corrected chi connectivity index (χ2v) is 6.80. The number of hydrogen-bond acceptors (Lipinski definition) is 3. The second-order valence-electron chi connectivity index (χ2n) is 5.45. The van der Waals surface area contributed by atoms with E-state index in [0.29, 0.717) is 5.02 Å². The fourth-order valence-corrected chi connectivity index (χ4v) is 2.92. The van der Waals surface area contributed by atoms with Crippen LogP contribution in [0.15, 0.2) is 34.4 Å². The molecular formula is C14H18ClN3S. The van der Waals surface area contributed by atoms with E-state index in [2.05, 4.69) is 30.9 Å². The first-order chi connectivity index (χ1) is 8.88. The average molecular weight is 296 g/mol. The zero-order valence-electron chi connectivity index (χ0n) is 11.6. The van der Waals surface area contributed by atoms with E-state index >= 15 is 0 Å². The molecule has 2 rings (SSSR count). The van der Waals surface area contributed by atoms with E-state index in [1.807, 2.05) is 36.3 Å². The SMILES string of the molecule is CN1N=C(C(C)(C)C)CSC1=Nc1ccccc1Cl. The summed E-state index contributed by atoms with van der Waals surface area (Å²) < 4.78 is 0. The molecule has 1 aliphatic heterocycles. The summed E-state index contributed by atoms with van der Waals surface area (Å²) in [7, 11) is 1.92. The van der Waals surface area contributed by atoms with Crippen molar-refractivity contribution < 1.29 is 0 Å². The molecule has 0 saturated heterocycles. The van der Waals surface area contributed by atoms with Crippen molar-refractivity contribution in [3.63, 3.8) is 0 Å². The lowest BCUT2D eigenvalue weighted by Crippen LogP contribution is -2.33. The number of nitrogens with zero attached hydrogens (tertiary/aromatic N) is 3. The summed E-state index contributed by atoms with van der Waals surface area (Å²) in [6.45, 7) is 6.53. The topological polar surface area (TPSA) is 28.0 Å². The summed E-state index contributed by atoms with van der Waals surface area (Å²) in [5.41, 5.74) is 2.06. The Kier molecular flexibility index (Phi) is 4.21. The van der Waals surface area contributed by atoms with E-state index in [4.69, 9.17) is 11.6 Å². The fourth-order valence-electron chi connectivity index (χ4n) is 1.60. The molecule has 0 fully saturated rings. The van der Waals surface area contributed by atoms with Crippen molar-refractivity contribution in [1.29, 1.82) is 0 Å². The lowest BCUT2D eigenvalue weighted by atomic mass is 9.91. The Morgan fingerprint density at radius 2 is 2.00 bits per heavy atom. The molecule has 102 valence electrons. The standard InChI is InChI=1S/C14H18ClN3S/c1-14(2,3)12-9-19-13(18(4)17-12)16-11-8-6-5-7-10(11)15/h5-8H,9H2,1-4H3.